The van der Waals surface area contributed by atoms with Crippen molar-refractivity contribution >= 4 is 0 Å². The van der Waals surface area contributed by atoms with Crippen LogP contribution in [0.5, 0.6) is 17.2 Å². The number of methoxy groups -OCH3 is 2. The summed E-state index contributed by atoms with van der Waals surface area (Å²) < 4.78 is 10.8. The van der Waals surface area contributed by atoms with E-state index in [0.717, 1.165) is 29.7 Å². The third kappa shape index (κ3) is 3.49. The van der Waals surface area contributed by atoms with E-state index in [1.54, 1.807) is 25.8 Å². The first-order valence-corrected chi connectivity index (χ1v) is 11.8. The molecule has 0 radical (unpaired) electrons. The van der Waals surface area contributed by atoms with Crippen molar-refractivity contribution in [2.24, 2.45) is 17.3 Å². The minimum absolute atomic E-state index is 0.202. The summed E-state index contributed by atoms with van der Waals surface area (Å²) in [6.07, 6.45) is 7.68. The lowest BCUT2D eigenvalue weighted by Gasteiger charge is -2.51. The van der Waals surface area contributed by atoms with Crippen molar-refractivity contribution in [1.29, 1.82) is 0 Å². The summed E-state index contributed by atoms with van der Waals surface area (Å²) in [5.74, 6) is 4.07. The number of ether oxygens (including phenoxy) is 2. The number of hydrogen-bond acceptors (Lipinski definition) is 4. The highest BCUT2D eigenvalue weighted by atomic mass is 16.5. The summed E-state index contributed by atoms with van der Waals surface area (Å²) >= 11 is 0. The zero-order chi connectivity index (χ0) is 21.6. The third-order valence-electron chi connectivity index (χ3n) is 8.73. The van der Waals surface area contributed by atoms with Crippen LogP contribution in [0.3, 0.4) is 0 Å². The number of phenolic OH excluding ortho intramolecular Hbond substituents is 1. The quantitative estimate of drug-likeness (QED) is 0.676. The van der Waals surface area contributed by atoms with Gasteiger partial charge in [0.2, 0.25) is 0 Å². The van der Waals surface area contributed by atoms with Gasteiger partial charge < -0.3 is 19.9 Å². The molecule has 2 saturated carbocycles. The Morgan fingerprint density at radius 1 is 1.03 bits per heavy atom. The number of benzene rings is 2. The van der Waals surface area contributed by atoms with Gasteiger partial charge in [-0.05, 0) is 103 Å². The van der Waals surface area contributed by atoms with Crippen molar-refractivity contribution in [3.63, 3.8) is 0 Å². The van der Waals surface area contributed by atoms with E-state index >= 15 is 0 Å². The Kier molecular flexibility index (Phi) is 5.37. The fourth-order valence-electron chi connectivity index (χ4n) is 7.09. The van der Waals surface area contributed by atoms with Crippen LogP contribution >= 0.6 is 0 Å². The van der Waals surface area contributed by atoms with Gasteiger partial charge in [0, 0.05) is 12.6 Å². The molecule has 0 saturated heterocycles. The zero-order valence-electron chi connectivity index (χ0n) is 19.0. The van der Waals surface area contributed by atoms with Crippen molar-refractivity contribution in [1.82, 2.24) is 5.32 Å². The molecule has 0 amide bonds. The summed E-state index contributed by atoms with van der Waals surface area (Å²) in [4.78, 5) is 0. The van der Waals surface area contributed by atoms with Gasteiger partial charge in [0.05, 0.1) is 14.2 Å². The van der Waals surface area contributed by atoms with Crippen LogP contribution in [0.2, 0.25) is 0 Å². The minimum Gasteiger partial charge on any atom is -0.504 e. The van der Waals surface area contributed by atoms with Crippen LogP contribution in [0.15, 0.2) is 36.4 Å². The molecular formula is C27H35NO3. The molecule has 166 valence electrons. The lowest BCUT2D eigenvalue weighted by molar-refractivity contribution is 0.0408. The maximum absolute atomic E-state index is 9.87. The predicted molar refractivity (Wildman–Crippen MR) is 123 cm³/mol. The van der Waals surface area contributed by atoms with Gasteiger partial charge in [0.1, 0.15) is 5.75 Å². The number of fused-ring (bicyclic) bond motifs is 5. The summed E-state index contributed by atoms with van der Waals surface area (Å²) in [5.41, 5.74) is 4.63. The molecule has 4 nitrogen and oxygen atoms in total. The highest BCUT2D eigenvalue weighted by Gasteiger charge is 2.54. The zero-order valence-corrected chi connectivity index (χ0v) is 19.0. The lowest BCUT2D eigenvalue weighted by atomic mass is 9.55. The maximum Gasteiger partial charge on any atom is 0.160 e. The van der Waals surface area contributed by atoms with E-state index in [4.69, 9.17) is 9.47 Å². The SMILES string of the molecule is COc1ccc2c(c1)CC[C@@H]1[C@@H]2CC[C@]2(C)[C@@H](NCc3ccc(O)c(OC)c3)CC[C@@H]12. The van der Waals surface area contributed by atoms with Gasteiger partial charge in [-0.15, -0.1) is 0 Å². The highest BCUT2D eigenvalue weighted by molar-refractivity contribution is 5.42. The number of nitrogens with one attached hydrogen (secondary N) is 1. The summed E-state index contributed by atoms with van der Waals surface area (Å²) in [6, 6.07) is 13.0. The van der Waals surface area contributed by atoms with Crippen LogP contribution in [0.4, 0.5) is 0 Å². The maximum atomic E-state index is 9.87. The first kappa shape index (κ1) is 20.7. The van der Waals surface area contributed by atoms with Crippen molar-refractivity contribution in [3.05, 3.63) is 53.1 Å². The normalized spacial score (nSPS) is 31.5. The number of phenols is 1. The molecule has 0 aromatic heterocycles. The molecule has 5 rings (SSSR count). The number of aryl methyl sites for hydroxylation is 1. The Hall–Kier alpha value is -2.20. The molecule has 2 fully saturated rings. The fourth-order valence-corrected chi connectivity index (χ4v) is 7.09. The van der Waals surface area contributed by atoms with Gasteiger partial charge in [-0.2, -0.15) is 0 Å². The van der Waals surface area contributed by atoms with Gasteiger partial charge >= 0.3 is 0 Å². The molecule has 0 aliphatic heterocycles. The molecule has 0 heterocycles. The van der Waals surface area contributed by atoms with E-state index < -0.39 is 0 Å². The van der Waals surface area contributed by atoms with E-state index in [2.05, 4.69) is 30.4 Å². The van der Waals surface area contributed by atoms with Crippen molar-refractivity contribution in [2.45, 2.75) is 64.0 Å². The lowest BCUT2D eigenvalue weighted by Crippen LogP contribution is -2.48. The molecule has 2 aromatic rings. The second-order valence-electron chi connectivity index (χ2n) is 10.0. The number of hydrogen-bond donors (Lipinski definition) is 2. The average Bonchev–Trinajstić information content (AvgIpc) is 3.14. The predicted octanol–water partition coefficient (Wildman–Crippen LogP) is 5.42. The molecule has 0 unspecified atom stereocenters. The summed E-state index contributed by atoms with van der Waals surface area (Å²) in [5, 5.41) is 13.8. The van der Waals surface area contributed by atoms with Crippen molar-refractivity contribution in [2.75, 3.05) is 14.2 Å². The Morgan fingerprint density at radius 3 is 2.71 bits per heavy atom. The molecule has 0 bridgehead atoms. The minimum atomic E-state index is 0.202. The van der Waals surface area contributed by atoms with E-state index in [1.165, 1.54) is 44.1 Å². The Bertz CT molecular complexity index is 957. The second kappa shape index (κ2) is 8.05. The first-order valence-electron chi connectivity index (χ1n) is 11.8. The van der Waals surface area contributed by atoms with Crippen LogP contribution in [0, 0.1) is 17.3 Å². The van der Waals surface area contributed by atoms with Crippen molar-refractivity contribution < 1.29 is 14.6 Å². The number of rotatable bonds is 5. The van der Waals surface area contributed by atoms with Gasteiger partial charge in [-0.25, -0.2) is 0 Å². The molecule has 0 spiro atoms. The van der Waals surface area contributed by atoms with Crippen LogP contribution in [-0.2, 0) is 13.0 Å². The topological polar surface area (TPSA) is 50.7 Å². The van der Waals surface area contributed by atoms with E-state index in [9.17, 15) is 5.11 Å². The van der Waals surface area contributed by atoms with Crippen LogP contribution in [-0.4, -0.2) is 25.4 Å². The Labute approximate surface area is 186 Å². The Balaban J connectivity index is 1.31. The summed E-state index contributed by atoms with van der Waals surface area (Å²) in [7, 11) is 3.37. The van der Waals surface area contributed by atoms with Gasteiger partial charge in [-0.3, -0.25) is 0 Å². The third-order valence-corrected chi connectivity index (χ3v) is 8.73. The molecule has 3 aliphatic rings. The molecular weight excluding hydrogens is 386 g/mol. The van der Waals surface area contributed by atoms with Crippen LogP contribution in [0.1, 0.15) is 61.6 Å². The van der Waals surface area contributed by atoms with Gasteiger partial charge in [0.25, 0.3) is 0 Å². The summed E-state index contributed by atoms with van der Waals surface area (Å²) in [6.45, 7) is 3.36. The monoisotopic (exact) mass is 421 g/mol. The van der Waals surface area contributed by atoms with Crippen molar-refractivity contribution in [3.8, 4) is 17.2 Å². The van der Waals surface area contributed by atoms with Crippen LogP contribution in [0.25, 0.3) is 0 Å². The van der Waals surface area contributed by atoms with E-state index in [1.807, 2.05) is 12.1 Å². The largest absolute Gasteiger partial charge is 0.504 e. The molecule has 2 N–H and O–H groups in total. The molecule has 5 atom stereocenters. The van der Waals surface area contributed by atoms with Crippen LogP contribution < -0.4 is 14.8 Å². The van der Waals surface area contributed by atoms with Gasteiger partial charge in [-0.1, -0.05) is 19.1 Å². The first-order chi connectivity index (χ1) is 15.0. The number of aromatic hydroxyl groups is 1. The fraction of sp³-hybridized carbons (Fsp3) is 0.556. The molecule has 31 heavy (non-hydrogen) atoms. The Morgan fingerprint density at radius 2 is 1.90 bits per heavy atom. The van der Waals surface area contributed by atoms with E-state index in [-0.39, 0.29) is 5.75 Å². The second-order valence-corrected chi connectivity index (χ2v) is 10.0. The molecule has 4 heteroatoms. The smallest absolute Gasteiger partial charge is 0.160 e. The standard InChI is InChI=1S/C27H35NO3/c1-27-13-12-21-20-8-6-19(30-2)15-18(20)5-7-22(21)23(27)9-11-26(27)28-16-17-4-10-24(29)25(14-17)31-3/h4,6,8,10,14-15,21-23,26,28-29H,5,7,9,11-13,16H2,1-3H3/t21-,22-,23+,26+,27+/m1/s1. The molecule has 2 aromatic carbocycles. The highest BCUT2D eigenvalue weighted by Crippen LogP contribution is 2.61. The van der Waals surface area contributed by atoms with Gasteiger partial charge in [0.15, 0.2) is 11.5 Å². The molecule has 3 aliphatic carbocycles. The average molecular weight is 422 g/mol. The van der Waals surface area contributed by atoms with E-state index in [0.29, 0.717) is 23.1 Å².